The molecular formula is C14H10ClF3N3O2-. The molecule has 1 N–H and O–H groups in total. The summed E-state index contributed by atoms with van der Waals surface area (Å²) in [6, 6.07) is 5.89. The number of nitrogens with one attached hydrogen (secondary N) is 1. The van der Waals surface area contributed by atoms with Gasteiger partial charge in [-0.1, -0.05) is 41.9 Å². The molecule has 0 spiro atoms. The molecule has 0 bridgehead atoms. The Bertz CT molecular complexity index is 746. The van der Waals surface area contributed by atoms with Crippen molar-refractivity contribution in [1.29, 1.82) is 0 Å². The third-order valence-corrected chi connectivity index (χ3v) is 4.05. The number of nitrogens with zero attached hydrogens (tertiary/aromatic N) is 2. The first-order valence-corrected chi connectivity index (χ1v) is 7.04. The number of aromatic carboxylic acids is 1. The summed E-state index contributed by atoms with van der Waals surface area (Å²) in [6.45, 7) is 0. The Kier molecular flexibility index (Phi) is 3.71. The van der Waals surface area contributed by atoms with Crippen molar-refractivity contribution in [3.8, 4) is 0 Å². The van der Waals surface area contributed by atoms with Gasteiger partial charge in [0.1, 0.15) is 16.5 Å². The first-order valence-electron chi connectivity index (χ1n) is 6.66. The van der Waals surface area contributed by atoms with Crippen LogP contribution < -0.4 is 10.4 Å². The molecule has 122 valence electrons. The van der Waals surface area contributed by atoms with Crippen molar-refractivity contribution in [3.63, 3.8) is 0 Å². The van der Waals surface area contributed by atoms with Gasteiger partial charge in [0.15, 0.2) is 6.04 Å². The van der Waals surface area contributed by atoms with Crippen molar-refractivity contribution < 1.29 is 23.1 Å². The summed E-state index contributed by atoms with van der Waals surface area (Å²) in [5, 5.41) is 16.9. The molecule has 2 aromatic rings. The van der Waals surface area contributed by atoms with E-state index < -0.39 is 29.9 Å². The Hall–Kier alpha value is -2.22. The lowest BCUT2D eigenvalue weighted by molar-refractivity contribution is -0.255. The molecule has 0 amide bonds. The molecule has 9 heteroatoms. The van der Waals surface area contributed by atoms with Crippen molar-refractivity contribution in [1.82, 2.24) is 9.78 Å². The van der Waals surface area contributed by atoms with Gasteiger partial charge < -0.3 is 15.2 Å². The topological polar surface area (TPSA) is 70.0 Å². The molecule has 23 heavy (non-hydrogen) atoms. The van der Waals surface area contributed by atoms with Gasteiger partial charge in [-0.25, -0.2) is 4.68 Å². The molecule has 1 aromatic heterocycles. The fraction of sp³-hybridized carbons (Fsp3) is 0.286. The highest BCUT2D eigenvalue weighted by atomic mass is 35.5. The number of carboxylic acid groups (broad SMARTS) is 1. The van der Waals surface area contributed by atoms with Crippen LogP contribution in [-0.4, -0.2) is 21.9 Å². The molecule has 2 heterocycles. The lowest BCUT2D eigenvalue weighted by Gasteiger charge is -2.33. The SMILES string of the molecule is O=C([O-])c1nn2c(c1Cl)N[C@@H](c1ccccc1)C[C@H]2C(F)(F)F. The van der Waals surface area contributed by atoms with E-state index in [0.29, 0.717) is 10.2 Å². The highest BCUT2D eigenvalue weighted by Crippen LogP contribution is 2.46. The second-order valence-corrected chi connectivity index (χ2v) is 5.52. The van der Waals surface area contributed by atoms with E-state index >= 15 is 0 Å². The minimum Gasteiger partial charge on any atom is -0.543 e. The Morgan fingerprint density at radius 3 is 2.57 bits per heavy atom. The number of hydrogen-bond donors (Lipinski definition) is 1. The fourth-order valence-corrected chi connectivity index (χ4v) is 2.88. The summed E-state index contributed by atoms with van der Waals surface area (Å²) < 4.78 is 40.6. The van der Waals surface area contributed by atoms with Crippen LogP contribution in [0, 0.1) is 0 Å². The molecule has 5 nitrogen and oxygen atoms in total. The van der Waals surface area contributed by atoms with Gasteiger partial charge >= 0.3 is 6.18 Å². The van der Waals surface area contributed by atoms with E-state index in [1.807, 2.05) is 0 Å². The minimum absolute atomic E-state index is 0.173. The molecule has 0 saturated heterocycles. The van der Waals surface area contributed by atoms with Crippen molar-refractivity contribution in [3.05, 3.63) is 46.6 Å². The molecular weight excluding hydrogens is 335 g/mol. The Balaban J connectivity index is 2.10. The average molecular weight is 345 g/mol. The first kappa shape index (κ1) is 15.7. The fourth-order valence-electron chi connectivity index (χ4n) is 2.62. The van der Waals surface area contributed by atoms with E-state index in [1.54, 1.807) is 30.3 Å². The molecule has 0 saturated carbocycles. The van der Waals surface area contributed by atoms with E-state index in [9.17, 15) is 23.1 Å². The van der Waals surface area contributed by atoms with E-state index in [0.717, 1.165) is 0 Å². The van der Waals surface area contributed by atoms with Crippen LogP contribution >= 0.6 is 11.6 Å². The zero-order chi connectivity index (χ0) is 16.8. The lowest BCUT2D eigenvalue weighted by Crippen LogP contribution is -2.36. The van der Waals surface area contributed by atoms with Gasteiger partial charge in [-0.2, -0.15) is 18.3 Å². The molecule has 3 rings (SSSR count). The maximum absolute atomic E-state index is 13.4. The minimum atomic E-state index is -4.59. The Labute approximate surface area is 133 Å². The molecule has 1 aliphatic heterocycles. The first-order chi connectivity index (χ1) is 10.8. The number of benzene rings is 1. The highest BCUT2D eigenvalue weighted by molar-refractivity contribution is 6.35. The van der Waals surface area contributed by atoms with E-state index in [-0.39, 0.29) is 17.3 Å². The Morgan fingerprint density at radius 2 is 2.00 bits per heavy atom. The molecule has 2 atom stereocenters. The normalized spacial score (nSPS) is 20.7. The monoisotopic (exact) mass is 344 g/mol. The predicted octanol–water partition coefficient (Wildman–Crippen LogP) is 2.56. The quantitative estimate of drug-likeness (QED) is 0.909. The number of fused-ring (bicyclic) bond motifs is 1. The van der Waals surface area contributed by atoms with Crippen LogP contribution in [0.4, 0.5) is 19.0 Å². The van der Waals surface area contributed by atoms with Gasteiger partial charge in [-0.05, 0) is 5.56 Å². The number of carbonyl (C=O) groups is 1. The Morgan fingerprint density at radius 1 is 1.35 bits per heavy atom. The number of anilines is 1. The molecule has 0 fully saturated rings. The molecule has 0 aliphatic carbocycles. The third-order valence-electron chi connectivity index (χ3n) is 3.69. The maximum Gasteiger partial charge on any atom is 0.410 e. The average Bonchev–Trinajstić information content (AvgIpc) is 2.84. The van der Waals surface area contributed by atoms with Crippen molar-refractivity contribution in [2.75, 3.05) is 5.32 Å². The van der Waals surface area contributed by atoms with Crippen LogP contribution in [0.2, 0.25) is 5.02 Å². The maximum atomic E-state index is 13.4. The zero-order valence-corrected chi connectivity index (χ0v) is 12.2. The van der Waals surface area contributed by atoms with Crippen LogP contribution in [0.3, 0.4) is 0 Å². The van der Waals surface area contributed by atoms with Crippen molar-refractivity contribution in [2.45, 2.75) is 24.7 Å². The standard InChI is InChI=1S/C14H11ClF3N3O2/c15-10-11(13(22)23)20-21-9(14(16,17)18)6-8(19-12(10)21)7-4-2-1-3-5-7/h1-5,8-9,19H,6H2,(H,22,23)/p-1/t8-,9+/m1/s1. The predicted molar refractivity (Wildman–Crippen MR) is 74.1 cm³/mol. The second kappa shape index (κ2) is 5.45. The second-order valence-electron chi connectivity index (χ2n) is 5.14. The van der Waals surface area contributed by atoms with Gasteiger partial charge in [-0.3, -0.25) is 0 Å². The summed E-state index contributed by atoms with van der Waals surface area (Å²) in [5.41, 5.74) is -0.0719. The summed E-state index contributed by atoms with van der Waals surface area (Å²) in [5.74, 6) is -1.90. The highest BCUT2D eigenvalue weighted by Gasteiger charge is 2.47. The zero-order valence-electron chi connectivity index (χ0n) is 11.5. The molecule has 0 radical (unpaired) electrons. The number of carbonyl (C=O) groups excluding carboxylic acids is 1. The number of halogens is 4. The number of rotatable bonds is 2. The number of alkyl halides is 3. The van der Waals surface area contributed by atoms with Crippen LogP contribution in [0.25, 0.3) is 0 Å². The van der Waals surface area contributed by atoms with Crippen LogP contribution in [0.5, 0.6) is 0 Å². The van der Waals surface area contributed by atoms with Crippen LogP contribution in [0.15, 0.2) is 30.3 Å². The number of carboxylic acids is 1. The smallest absolute Gasteiger partial charge is 0.410 e. The van der Waals surface area contributed by atoms with Crippen molar-refractivity contribution in [2.24, 2.45) is 0 Å². The van der Waals surface area contributed by atoms with Gasteiger partial charge in [-0.15, -0.1) is 0 Å². The third kappa shape index (κ3) is 2.74. The van der Waals surface area contributed by atoms with Gasteiger partial charge in [0, 0.05) is 6.42 Å². The number of hydrogen-bond acceptors (Lipinski definition) is 4. The van der Waals surface area contributed by atoms with Crippen LogP contribution in [0.1, 0.15) is 34.6 Å². The van der Waals surface area contributed by atoms with E-state index in [2.05, 4.69) is 10.4 Å². The summed E-state index contributed by atoms with van der Waals surface area (Å²) in [7, 11) is 0. The summed E-state index contributed by atoms with van der Waals surface area (Å²) in [4.78, 5) is 11.0. The van der Waals surface area contributed by atoms with Crippen molar-refractivity contribution >= 4 is 23.4 Å². The summed E-state index contributed by atoms with van der Waals surface area (Å²) in [6.07, 6.45) is -4.92. The van der Waals surface area contributed by atoms with Gasteiger partial charge in [0.25, 0.3) is 0 Å². The molecule has 1 aliphatic rings. The van der Waals surface area contributed by atoms with E-state index in [1.165, 1.54) is 0 Å². The van der Waals surface area contributed by atoms with E-state index in [4.69, 9.17) is 11.6 Å². The molecule has 0 unspecified atom stereocenters. The number of aromatic nitrogens is 2. The summed E-state index contributed by atoms with van der Waals surface area (Å²) >= 11 is 5.87. The van der Waals surface area contributed by atoms with Gasteiger partial charge in [0.05, 0.1) is 12.0 Å². The van der Waals surface area contributed by atoms with Gasteiger partial charge in [0.2, 0.25) is 0 Å². The van der Waals surface area contributed by atoms with Crippen LogP contribution in [-0.2, 0) is 0 Å². The largest absolute Gasteiger partial charge is 0.543 e. The lowest BCUT2D eigenvalue weighted by atomic mass is 9.97. The molecule has 1 aromatic carbocycles.